The first-order valence-electron chi connectivity index (χ1n) is 9.58. The number of aliphatic carboxylic acids is 1. The van der Waals surface area contributed by atoms with Crippen LogP contribution in [0.4, 0.5) is 0 Å². The summed E-state index contributed by atoms with van der Waals surface area (Å²) in [5, 5.41) is 16.5. The lowest BCUT2D eigenvalue weighted by atomic mass is 9.99. The number of carboxylic acids is 1. The molecule has 5 atom stereocenters. The van der Waals surface area contributed by atoms with Gasteiger partial charge in [0.1, 0.15) is 18.1 Å². The van der Waals surface area contributed by atoms with Gasteiger partial charge >= 0.3 is 5.97 Å². The number of hydrogen-bond donors (Lipinski definition) is 7. The topological polar surface area (TPSA) is 179 Å². The number of hydrogen-bond acceptors (Lipinski definition) is 7. The van der Waals surface area contributed by atoms with Gasteiger partial charge in [-0.2, -0.15) is 12.6 Å². The first-order valence-corrected chi connectivity index (χ1v) is 10.2. The Morgan fingerprint density at radius 1 is 1.13 bits per heavy atom. The number of nitrogens with two attached hydrogens (primary N) is 1. The monoisotopic (exact) mass is 442 g/mol. The third kappa shape index (κ3) is 7.67. The smallest absolute Gasteiger partial charge is 0.327 e. The summed E-state index contributed by atoms with van der Waals surface area (Å²) in [7, 11) is 0. The molecule has 0 bridgehead atoms. The minimum absolute atomic E-state index is 0.0452. The fraction of sp³-hybridized carbons (Fsp3) is 0.611. The lowest BCUT2D eigenvalue weighted by Gasteiger charge is -2.24. The largest absolute Gasteiger partial charge is 0.480 e. The number of carbonyl (C=O) groups excluding carboxylic acids is 3. The van der Waals surface area contributed by atoms with E-state index in [4.69, 9.17) is 10.8 Å². The number of nitrogens with zero attached hydrogens (tertiary/aromatic N) is 1. The number of amides is 3. The Balaban J connectivity index is 2.84. The molecule has 0 saturated carbocycles. The Morgan fingerprint density at radius 3 is 2.27 bits per heavy atom. The number of aromatic amines is 1. The molecule has 0 aliphatic rings. The van der Waals surface area contributed by atoms with Crippen molar-refractivity contribution in [2.45, 2.75) is 57.8 Å². The summed E-state index contributed by atoms with van der Waals surface area (Å²) < 4.78 is 0. The molecule has 1 heterocycles. The summed E-state index contributed by atoms with van der Waals surface area (Å²) in [6, 6.07) is -4.03. The zero-order valence-electron chi connectivity index (χ0n) is 17.2. The normalized spacial score (nSPS) is 15.9. The van der Waals surface area contributed by atoms with Crippen LogP contribution in [-0.2, 0) is 25.6 Å². The number of rotatable bonds is 12. The second kappa shape index (κ2) is 12.2. The molecule has 30 heavy (non-hydrogen) atoms. The van der Waals surface area contributed by atoms with Crippen molar-refractivity contribution in [2.24, 2.45) is 11.7 Å². The van der Waals surface area contributed by atoms with Crippen molar-refractivity contribution in [3.05, 3.63) is 18.2 Å². The predicted octanol–water partition coefficient (Wildman–Crippen LogP) is -1.19. The molecule has 0 radical (unpaired) electrons. The van der Waals surface area contributed by atoms with Crippen LogP contribution in [0.2, 0.25) is 0 Å². The second-order valence-electron chi connectivity index (χ2n) is 7.07. The highest BCUT2D eigenvalue weighted by Crippen LogP contribution is 2.06. The van der Waals surface area contributed by atoms with Crippen LogP contribution in [0.15, 0.2) is 12.5 Å². The quantitative estimate of drug-likeness (QED) is 0.199. The Morgan fingerprint density at radius 2 is 1.77 bits per heavy atom. The lowest BCUT2D eigenvalue weighted by Crippen LogP contribution is -2.57. The maximum absolute atomic E-state index is 12.6. The molecule has 168 valence electrons. The highest BCUT2D eigenvalue weighted by atomic mass is 32.1. The molecule has 7 N–H and O–H groups in total. The van der Waals surface area contributed by atoms with Gasteiger partial charge in [0.25, 0.3) is 0 Å². The third-order valence-corrected chi connectivity index (χ3v) is 5.09. The number of nitrogens with one attached hydrogen (secondary N) is 4. The van der Waals surface area contributed by atoms with Crippen LogP contribution < -0.4 is 21.7 Å². The minimum Gasteiger partial charge on any atom is -0.480 e. The van der Waals surface area contributed by atoms with E-state index in [0.717, 1.165) is 0 Å². The molecule has 11 nitrogen and oxygen atoms in total. The highest BCUT2D eigenvalue weighted by molar-refractivity contribution is 7.80. The standard InChI is InChI=1S/C18H30N6O5S/c1-4-9(2)14(19)17(27)22-10(3)15(25)23-12(5-11-6-20-8-21-11)16(26)24-13(7-30)18(28)29/h6,8-10,12-14,30H,4-5,7,19H2,1-3H3,(H,20,21)(H,22,27)(H,23,25)(H,24,26)(H,28,29). The summed E-state index contributed by atoms with van der Waals surface area (Å²) in [6.07, 6.45) is 3.65. The molecule has 5 unspecified atom stereocenters. The van der Waals surface area contributed by atoms with Crippen LogP contribution in [0.5, 0.6) is 0 Å². The van der Waals surface area contributed by atoms with Gasteiger partial charge in [-0.05, 0) is 12.8 Å². The van der Waals surface area contributed by atoms with E-state index in [1.54, 1.807) is 0 Å². The van der Waals surface area contributed by atoms with E-state index in [2.05, 4.69) is 38.5 Å². The molecule has 12 heteroatoms. The number of thiol groups is 1. The number of carbonyl (C=O) groups is 4. The summed E-state index contributed by atoms with van der Waals surface area (Å²) in [4.78, 5) is 55.2. The third-order valence-electron chi connectivity index (χ3n) is 4.72. The zero-order chi connectivity index (χ0) is 22.8. The van der Waals surface area contributed by atoms with Gasteiger partial charge in [0.05, 0.1) is 12.4 Å². The fourth-order valence-electron chi connectivity index (χ4n) is 2.47. The predicted molar refractivity (Wildman–Crippen MR) is 113 cm³/mol. The van der Waals surface area contributed by atoms with Crippen molar-refractivity contribution < 1.29 is 24.3 Å². The van der Waals surface area contributed by atoms with Crippen molar-refractivity contribution in [1.82, 2.24) is 25.9 Å². The fourth-order valence-corrected chi connectivity index (χ4v) is 2.71. The first kappa shape index (κ1) is 25.4. The lowest BCUT2D eigenvalue weighted by molar-refractivity contribution is -0.141. The van der Waals surface area contributed by atoms with Crippen LogP contribution in [0.3, 0.4) is 0 Å². The molecular weight excluding hydrogens is 412 g/mol. The number of H-pyrrole nitrogens is 1. The number of aromatic nitrogens is 2. The van der Waals surface area contributed by atoms with Crippen molar-refractivity contribution in [2.75, 3.05) is 5.75 Å². The van der Waals surface area contributed by atoms with Crippen LogP contribution in [-0.4, -0.2) is 68.7 Å². The maximum atomic E-state index is 12.6. The molecule has 1 aromatic rings. The van der Waals surface area contributed by atoms with E-state index >= 15 is 0 Å². The van der Waals surface area contributed by atoms with Crippen LogP contribution in [0.1, 0.15) is 32.9 Å². The maximum Gasteiger partial charge on any atom is 0.327 e. The van der Waals surface area contributed by atoms with Gasteiger partial charge in [-0.1, -0.05) is 20.3 Å². The molecule has 0 aliphatic carbocycles. The van der Waals surface area contributed by atoms with Gasteiger partial charge in [-0.25, -0.2) is 9.78 Å². The molecular formula is C18H30N6O5S. The molecule has 0 aliphatic heterocycles. The van der Waals surface area contributed by atoms with E-state index in [9.17, 15) is 19.2 Å². The van der Waals surface area contributed by atoms with Crippen LogP contribution in [0, 0.1) is 5.92 Å². The van der Waals surface area contributed by atoms with Crippen molar-refractivity contribution in [3.63, 3.8) is 0 Å². The first-order chi connectivity index (χ1) is 14.1. The van der Waals surface area contributed by atoms with E-state index in [1.807, 2.05) is 13.8 Å². The Bertz CT molecular complexity index is 729. The van der Waals surface area contributed by atoms with E-state index in [0.29, 0.717) is 12.1 Å². The van der Waals surface area contributed by atoms with Crippen LogP contribution in [0.25, 0.3) is 0 Å². The van der Waals surface area contributed by atoms with Gasteiger partial charge in [-0.3, -0.25) is 14.4 Å². The Labute approximate surface area is 180 Å². The zero-order valence-corrected chi connectivity index (χ0v) is 18.1. The van der Waals surface area contributed by atoms with E-state index in [1.165, 1.54) is 19.4 Å². The summed E-state index contributed by atoms with van der Waals surface area (Å²) in [6.45, 7) is 5.21. The van der Waals surface area contributed by atoms with Crippen molar-refractivity contribution in [1.29, 1.82) is 0 Å². The average Bonchev–Trinajstić information content (AvgIpc) is 3.22. The molecule has 0 fully saturated rings. The molecule has 3 amide bonds. The second-order valence-corrected chi connectivity index (χ2v) is 7.43. The van der Waals surface area contributed by atoms with E-state index < -0.39 is 47.9 Å². The molecule has 1 rings (SSSR count). The molecule has 0 saturated heterocycles. The SMILES string of the molecule is CCC(C)C(N)C(=O)NC(C)C(=O)NC(Cc1cnc[nH]1)C(=O)NC(CS)C(=O)O. The van der Waals surface area contributed by atoms with E-state index in [-0.39, 0.29) is 18.1 Å². The van der Waals surface area contributed by atoms with Gasteiger partial charge in [-0.15, -0.1) is 0 Å². The summed E-state index contributed by atoms with van der Waals surface area (Å²) in [5.41, 5.74) is 6.44. The summed E-state index contributed by atoms with van der Waals surface area (Å²) >= 11 is 3.91. The summed E-state index contributed by atoms with van der Waals surface area (Å²) in [5.74, 6) is -3.21. The van der Waals surface area contributed by atoms with Gasteiger partial charge in [0.15, 0.2) is 0 Å². The number of imidazole rings is 1. The average molecular weight is 443 g/mol. The Kier molecular flexibility index (Phi) is 10.3. The molecule has 0 spiro atoms. The minimum atomic E-state index is -1.25. The van der Waals surface area contributed by atoms with Crippen molar-refractivity contribution in [3.8, 4) is 0 Å². The molecule has 1 aromatic heterocycles. The highest BCUT2D eigenvalue weighted by Gasteiger charge is 2.29. The van der Waals surface area contributed by atoms with Gasteiger partial charge < -0.3 is 31.8 Å². The van der Waals surface area contributed by atoms with Crippen molar-refractivity contribution >= 4 is 36.3 Å². The Hall–Kier alpha value is -2.60. The number of carboxylic acid groups (broad SMARTS) is 1. The van der Waals surface area contributed by atoms with Crippen LogP contribution >= 0.6 is 12.6 Å². The molecule has 0 aromatic carbocycles. The van der Waals surface area contributed by atoms with Gasteiger partial charge in [0.2, 0.25) is 17.7 Å². The van der Waals surface area contributed by atoms with Gasteiger partial charge in [0, 0.05) is 24.1 Å².